The van der Waals surface area contributed by atoms with E-state index in [0.29, 0.717) is 0 Å². The van der Waals surface area contributed by atoms with Crippen LogP contribution in [-0.2, 0) is 0 Å². The quantitative estimate of drug-likeness (QED) is 0.390. The van der Waals surface area contributed by atoms with Gasteiger partial charge in [0.05, 0.1) is 0 Å². The molecule has 0 spiro atoms. The predicted octanol–water partition coefficient (Wildman–Crippen LogP) is -18.0. The summed E-state index contributed by atoms with van der Waals surface area (Å²) in [6.45, 7) is 0. The zero-order valence-corrected chi connectivity index (χ0v) is 14.9. The molecule has 0 aliphatic rings. The van der Waals surface area contributed by atoms with Crippen molar-refractivity contribution in [2.24, 2.45) is 0 Å². The summed E-state index contributed by atoms with van der Waals surface area (Å²) in [7, 11) is 0. The SMILES string of the molecule is [Br-].[Br-].[Br-].[Na+].[Na+].[Na+]. The van der Waals surface area contributed by atoms with Gasteiger partial charge in [0.15, 0.2) is 0 Å². The molecule has 0 rings (SSSR count). The Hall–Kier alpha value is 4.44. The second-order valence-corrected chi connectivity index (χ2v) is 0. The molecule has 0 aliphatic carbocycles. The Labute approximate surface area is 136 Å². The second kappa shape index (κ2) is 34.1. The van der Waals surface area contributed by atoms with Crippen molar-refractivity contribution >= 4 is 0 Å². The van der Waals surface area contributed by atoms with Crippen molar-refractivity contribution in [3.05, 3.63) is 0 Å². The van der Waals surface area contributed by atoms with Gasteiger partial charge in [-0.15, -0.1) is 0 Å². The molecule has 6 heavy (non-hydrogen) atoms. The zero-order chi connectivity index (χ0) is 0. The van der Waals surface area contributed by atoms with E-state index in [4.69, 9.17) is 0 Å². The molecule has 0 saturated carbocycles. The Morgan fingerprint density at radius 1 is 0.333 bits per heavy atom. The van der Waals surface area contributed by atoms with Crippen LogP contribution in [0.2, 0.25) is 0 Å². The van der Waals surface area contributed by atoms with E-state index in [1.807, 2.05) is 0 Å². The topological polar surface area (TPSA) is 0 Å². The largest absolute Gasteiger partial charge is 1.00 e. The van der Waals surface area contributed by atoms with Crippen molar-refractivity contribution in [2.75, 3.05) is 0 Å². The number of hydrogen-bond donors (Lipinski definition) is 0. The molecule has 6 heteroatoms. The van der Waals surface area contributed by atoms with Crippen LogP contribution in [0.3, 0.4) is 0 Å². The van der Waals surface area contributed by atoms with Gasteiger partial charge >= 0.3 is 88.7 Å². The first-order valence-electron chi connectivity index (χ1n) is 0. The molecule has 0 N–H and O–H groups in total. The maximum atomic E-state index is 0. The van der Waals surface area contributed by atoms with E-state index < -0.39 is 0 Å². The Balaban J connectivity index is 0. The summed E-state index contributed by atoms with van der Waals surface area (Å²) >= 11 is 0. The normalized spacial score (nSPS) is 0. The number of hydrogen-bond acceptors (Lipinski definition) is 0. The van der Waals surface area contributed by atoms with Crippen molar-refractivity contribution in [3.63, 3.8) is 0 Å². The molecule has 0 aromatic carbocycles. The summed E-state index contributed by atoms with van der Waals surface area (Å²) in [6.07, 6.45) is 0. The molecule has 0 aliphatic heterocycles. The van der Waals surface area contributed by atoms with Gasteiger partial charge < -0.3 is 50.9 Å². The van der Waals surface area contributed by atoms with Crippen molar-refractivity contribution in [1.82, 2.24) is 0 Å². The summed E-state index contributed by atoms with van der Waals surface area (Å²) in [6, 6.07) is 0. The van der Waals surface area contributed by atoms with Gasteiger partial charge in [-0.2, -0.15) is 0 Å². The van der Waals surface area contributed by atoms with Gasteiger partial charge in [0, 0.05) is 0 Å². The van der Waals surface area contributed by atoms with E-state index in [1.165, 1.54) is 0 Å². The van der Waals surface area contributed by atoms with Crippen LogP contribution in [-0.4, -0.2) is 0 Å². The van der Waals surface area contributed by atoms with E-state index in [1.54, 1.807) is 0 Å². The first-order chi connectivity index (χ1) is 0. The van der Waals surface area contributed by atoms with Gasteiger partial charge in [-0.3, -0.25) is 0 Å². The first kappa shape index (κ1) is 47.2. The fourth-order valence-electron chi connectivity index (χ4n) is 0. The van der Waals surface area contributed by atoms with Crippen LogP contribution in [0.4, 0.5) is 0 Å². The van der Waals surface area contributed by atoms with Gasteiger partial charge in [-0.25, -0.2) is 0 Å². The van der Waals surface area contributed by atoms with Gasteiger partial charge in [-0.05, 0) is 0 Å². The predicted molar refractivity (Wildman–Crippen MR) is 0 cm³/mol. The molecule has 0 nitrogen and oxygen atoms in total. The minimum Gasteiger partial charge on any atom is -1.00 e. The standard InChI is InChI=1S/3BrH.3Na/h3*1H;;;/q;;;3*+1/p-3. The maximum absolute atomic E-state index is 0. The molecule has 0 saturated heterocycles. The van der Waals surface area contributed by atoms with E-state index >= 15 is 0 Å². The fourth-order valence-corrected chi connectivity index (χ4v) is 0. The van der Waals surface area contributed by atoms with Crippen LogP contribution >= 0.6 is 0 Å². The molecular weight excluding hydrogens is 309 g/mol. The van der Waals surface area contributed by atoms with Crippen LogP contribution in [0.25, 0.3) is 0 Å². The maximum Gasteiger partial charge on any atom is 1.00 e. The third-order valence-corrected chi connectivity index (χ3v) is 0. The van der Waals surface area contributed by atoms with Crippen LogP contribution < -0.4 is 140 Å². The summed E-state index contributed by atoms with van der Waals surface area (Å²) < 4.78 is 0. The molecule has 0 heterocycles. The van der Waals surface area contributed by atoms with E-state index in [9.17, 15) is 0 Å². The average molecular weight is 309 g/mol. The van der Waals surface area contributed by atoms with Crippen molar-refractivity contribution in [2.45, 2.75) is 0 Å². The van der Waals surface area contributed by atoms with Crippen molar-refractivity contribution in [3.8, 4) is 0 Å². The third-order valence-electron chi connectivity index (χ3n) is 0. The van der Waals surface area contributed by atoms with Crippen LogP contribution in [0.1, 0.15) is 0 Å². The van der Waals surface area contributed by atoms with E-state index in [-0.39, 0.29) is 140 Å². The van der Waals surface area contributed by atoms with E-state index in [2.05, 4.69) is 0 Å². The molecule has 0 unspecified atom stereocenters. The van der Waals surface area contributed by atoms with Crippen LogP contribution in [0.5, 0.6) is 0 Å². The van der Waals surface area contributed by atoms with Gasteiger partial charge in [0.25, 0.3) is 0 Å². The molecule has 0 amide bonds. The third kappa shape index (κ3) is 23.7. The molecule has 24 valence electrons. The Morgan fingerprint density at radius 2 is 0.333 bits per heavy atom. The first-order valence-corrected chi connectivity index (χ1v) is 0. The fraction of sp³-hybridized carbons (Fsp3) is 0. The van der Waals surface area contributed by atoms with Gasteiger partial charge in [-0.1, -0.05) is 0 Å². The zero-order valence-electron chi connectivity index (χ0n) is 4.13. The number of halogens is 3. The second-order valence-electron chi connectivity index (χ2n) is 0. The Morgan fingerprint density at radius 3 is 0.333 bits per heavy atom. The minimum atomic E-state index is 0. The number of rotatable bonds is 0. The monoisotopic (exact) mass is 306 g/mol. The summed E-state index contributed by atoms with van der Waals surface area (Å²) in [5.74, 6) is 0. The Kier molecular flexibility index (Phi) is 268. The van der Waals surface area contributed by atoms with E-state index in [0.717, 1.165) is 0 Å². The van der Waals surface area contributed by atoms with Crippen LogP contribution in [0.15, 0.2) is 0 Å². The average Bonchev–Trinajstić information content (AvgIpc) is 0. The van der Waals surface area contributed by atoms with Crippen molar-refractivity contribution < 1.29 is 140 Å². The van der Waals surface area contributed by atoms with Gasteiger partial charge in [0.2, 0.25) is 0 Å². The molecule has 0 bridgehead atoms. The molecule has 0 aromatic heterocycles. The Bertz CT molecular complexity index is 6.00. The molecule has 0 atom stereocenters. The smallest absolute Gasteiger partial charge is 1.00 e. The summed E-state index contributed by atoms with van der Waals surface area (Å²) in [4.78, 5) is 0. The molecule has 0 fully saturated rings. The van der Waals surface area contributed by atoms with Crippen molar-refractivity contribution in [1.29, 1.82) is 0 Å². The summed E-state index contributed by atoms with van der Waals surface area (Å²) in [5.41, 5.74) is 0. The molecule has 0 radical (unpaired) electrons. The minimum absolute atomic E-state index is 0. The summed E-state index contributed by atoms with van der Waals surface area (Å²) in [5, 5.41) is 0. The van der Waals surface area contributed by atoms with Gasteiger partial charge in [0.1, 0.15) is 0 Å². The molecule has 0 aromatic rings. The van der Waals surface area contributed by atoms with Crippen LogP contribution in [0, 0.1) is 0 Å². The molecular formula is Br3Na3.